The number of aryl methyl sites for hydroxylation is 1. The summed E-state index contributed by atoms with van der Waals surface area (Å²) < 4.78 is 2.06. The Labute approximate surface area is 160 Å². The third kappa shape index (κ3) is 3.87. The first-order valence-electron chi connectivity index (χ1n) is 9.57. The standard InChI is InChI=1S/C22H25N5/c1-18-21(17-23-24-19-11-5-2-6-12-19)22(26-15-9-4-10-16-26)27(25-18)20-13-7-3-8-14-20/h2-3,5-8,11-14,17,24H,4,9-10,15-16H2,1H3/b23-17-. The highest BCUT2D eigenvalue weighted by Crippen LogP contribution is 2.28. The second kappa shape index (κ2) is 8.08. The molecule has 3 aromatic rings. The molecule has 1 aliphatic heterocycles. The summed E-state index contributed by atoms with van der Waals surface area (Å²) in [4.78, 5) is 2.44. The van der Waals surface area contributed by atoms with E-state index in [-0.39, 0.29) is 0 Å². The normalized spacial score (nSPS) is 14.6. The molecule has 4 rings (SSSR count). The Kier molecular flexibility index (Phi) is 5.19. The number of rotatable bonds is 5. The summed E-state index contributed by atoms with van der Waals surface area (Å²) >= 11 is 0. The number of para-hydroxylation sites is 2. The van der Waals surface area contributed by atoms with E-state index >= 15 is 0 Å². The molecule has 5 heteroatoms. The molecule has 5 nitrogen and oxygen atoms in total. The second-order valence-electron chi connectivity index (χ2n) is 6.85. The van der Waals surface area contributed by atoms with Crippen LogP contribution < -0.4 is 10.3 Å². The lowest BCUT2D eigenvalue weighted by Gasteiger charge is -2.29. The van der Waals surface area contributed by atoms with Gasteiger partial charge in [-0.25, -0.2) is 4.68 Å². The lowest BCUT2D eigenvalue weighted by Crippen LogP contribution is -2.32. The van der Waals surface area contributed by atoms with E-state index in [4.69, 9.17) is 5.10 Å². The Morgan fingerprint density at radius 1 is 0.926 bits per heavy atom. The average molecular weight is 359 g/mol. The van der Waals surface area contributed by atoms with E-state index in [1.54, 1.807) is 0 Å². The second-order valence-corrected chi connectivity index (χ2v) is 6.85. The Morgan fingerprint density at radius 2 is 1.59 bits per heavy atom. The van der Waals surface area contributed by atoms with Gasteiger partial charge in [-0.05, 0) is 50.5 Å². The van der Waals surface area contributed by atoms with E-state index < -0.39 is 0 Å². The zero-order valence-corrected chi connectivity index (χ0v) is 15.7. The van der Waals surface area contributed by atoms with Crippen LogP contribution in [-0.4, -0.2) is 29.1 Å². The van der Waals surface area contributed by atoms with E-state index in [1.165, 1.54) is 19.3 Å². The average Bonchev–Trinajstić information content (AvgIpc) is 3.06. The summed E-state index contributed by atoms with van der Waals surface area (Å²) in [5, 5.41) is 9.32. The lowest BCUT2D eigenvalue weighted by atomic mass is 10.1. The molecule has 2 aromatic carbocycles. The number of nitrogens with zero attached hydrogens (tertiary/aromatic N) is 4. The lowest BCUT2D eigenvalue weighted by molar-refractivity contribution is 0.567. The van der Waals surface area contributed by atoms with Crippen molar-refractivity contribution in [2.75, 3.05) is 23.4 Å². The molecule has 0 unspecified atom stereocenters. The monoisotopic (exact) mass is 359 g/mol. The maximum absolute atomic E-state index is 4.84. The van der Waals surface area contributed by atoms with Gasteiger partial charge < -0.3 is 4.90 Å². The van der Waals surface area contributed by atoms with Crippen LogP contribution in [0.25, 0.3) is 5.69 Å². The maximum Gasteiger partial charge on any atom is 0.141 e. The zero-order chi connectivity index (χ0) is 18.5. The van der Waals surface area contributed by atoms with Crippen LogP contribution in [0.5, 0.6) is 0 Å². The molecule has 27 heavy (non-hydrogen) atoms. The molecule has 2 heterocycles. The van der Waals surface area contributed by atoms with Gasteiger partial charge >= 0.3 is 0 Å². The van der Waals surface area contributed by atoms with Crippen molar-refractivity contribution >= 4 is 17.7 Å². The maximum atomic E-state index is 4.84. The van der Waals surface area contributed by atoms with Crippen molar-refractivity contribution in [3.05, 3.63) is 71.9 Å². The number of anilines is 2. The predicted octanol–water partition coefficient (Wildman–Crippen LogP) is 4.62. The van der Waals surface area contributed by atoms with Gasteiger partial charge in [-0.2, -0.15) is 10.2 Å². The van der Waals surface area contributed by atoms with Gasteiger partial charge in [0.25, 0.3) is 0 Å². The molecule has 0 saturated carbocycles. The molecule has 0 aliphatic carbocycles. The molecular formula is C22H25N5. The van der Waals surface area contributed by atoms with Crippen molar-refractivity contribution < 1.29 is 0 Å². The van der Waals surface area contributed by atoms with Crippen LogP contribution in [0.1, 0.15) is 30.5 Å². The van der Waals surface area contributed by atoms with Crippen molar-refractivity contribution in [3.8, 4) is 5.69 Å². The molecule has 1 N–H and O–H groups in total. The van der Waals surface area contributed by atoms with Gasteiger partial charge in [0.15, 0.2) is 0 Å². The molecule has 1 fully saturated rings. The van der Waals surface area contributed by atoms with Crippen LogP contribution in [0.3, 0.4) is 0 Å². The van der Waals surface area contributed by atoms with Crippen LogP contribution in [-0.2, 0) is 0 Å². The molecule has 1 saturated heterocycles. The number of hydrogen-bond donors (Lipinski definition) is 1. The van der Waals surface area contributed by atoms with E-state index in [1.807, 2.05) is 42.6 Å². The summed E-state index contributed by atoms with van der Waals surface area (Å²) in [7, 11) is 0. The van der Waals surface area contributed by atoms with Crippen molar-refractivity contribution in [1.82, 2.24) is 9.78 Å². The van der Waals surface area contributed by atoms with Crippen LogP contribution in [0.2, 0.25) is 0 Å². The first-order chi connectivity index (χ1) is 13.3. The van der Waals surface area contributed by atoms with Crippen molar-refractivity contribution in [2.24, 2.45) is 5.10 Å². The topological polar surface area (TPSA) is 45.5 Å². The molecule has 0 bridgehead atoms. The molecule has 1 aromatic heterocycles. The molecule has 138 valence electrons. The molecular weight excluding hydrogens is 334 g/mol. The Morgan fingerprint density at radius 3 is 2.30 bits per heavy atom. The van der Waals surface area contributed by atoms with Gasteiger partial charge in [-0.1, -0.05) is 36.4 Å². The Bertz CT molecular complexity index is 893. The van der Waals surface area contributed by atoms with Gasteiger partial charge in [-0.3, -0.25) is 5.43 Å². The van der Waals surface area contributed by atoms with Gasteiger partial charge in [0.05, 0.1) is 28.8 Å². The summed E-state index contributed by atoms with van der Waals surface area (Å²) in [5.74, 6) is 1.14. The molecule has 0 amide bonds. The summed E-state index contributed by atoms with van der Waals surface area (Å²) in [6, 6.07) is 20.3. The van der Waals surface area contributed by atoms with Crippen LogP contribution >= 0.6 is 0 Å². The van der Waals surface area contributed by atoms with Crippen LogP contribution in [0.4, 0.5) is 11.5 Å². The smallest absolute Gasteiger partial charge is 0.141 e. The van der Waals surface area contributed by atoms with Gasteiger partial charge in [0.2, 0.25) is 0 Å². The fourth-order valence-corrected chi connectivity index (χ4v) is 3.52. The molecule has 0 atom stereocenters. The van der Waals surface area contributed by atoms with E-state index in [0.717, 1.165) is 41.5 Å². The minimum absolute atomic E-state index is 0.973. The van der Waals surface area contributed by atoms with E-state index in [2.05, 4.69) is 51.3 Å². The van der Waals surface area contributed by atoms with Crippen molar-refractivity contribution in [1.29, 1.82) is 0 Å². The fraction of sp³-hybridized carbons (Fsp3) is 0.273. The van der Waals surface area contributed by atoms with Crippen molar-refractivity contribution in [2.45, 2.75) is 26.2 Å². The minimum atomic E-state index is 0.973. The van der Waals surface area contributed by atoms with Gasteiger partial charge in [0, 0.05) is 13.1 Å². The van der Waals surface area contributed by atoms with E-state index in [0.29, 0.717) is 0 Å². The fourth-order valence-electron chi connectivity index (χ4n) is 3.52. The predicted molar refractivity (Wildman–Crippen MR) is 112 cm³/mol. The van der Waals surface area contributed by atoms with Crippen LogP contribution in [0.15, 0.2) is 65.8 Å². The van der Waals surface area contributed by atoms with Crippen LogP contribution in [0, 0.1) is 6.92 Å². The Hall–Kier alpha value is -3.08. The highest BCUT2D eigenvalue weighted by Gasteiger charge is 2.22. The number of nitrogens with one attached hydrogen (secondary N) is 1. The summed E-state index contributed by atoms with van der Waals surface area (Å²) in [6.07, 6.45) is 5.64. The SMILES string of the molecule is Cc1nn(-c2ccccc2)c(N2CCCCC2)c1/C=N\Nc1ccccc1. The third-order valence-electron chi connectivity index (χ3n) is 4.90. The first kappa shape index (κ1) is 17.3. The zero-order valence-electron chi connectivity index (χ0n) is 15.7. The highest BCUT2D eigenvalue weighted by atomic mass is 15.4. The van der Waals surface area contributed by atoms with Gasteiger partial charge in [0.1, 0.15) is 5.82 Å². The quantitative estimate of drug-likeness (QED) is 0.534. The summed E-state index contributed by atoms with van der Waals surface area (Å²) in [6.45, 7) is 4.17. The molecule has 0 radical (unpaired) electrons. The number of benzene rings is 2. The molecule has 1 aliphatic rings. The first-order valence-corrected chi connectivity index (χ1v) is 9.57. The van der Waals surface area contributed by atoms with E-state index in [9.17, 15) is 0 Å². The number of hydrogen-bond acceptors (Lipinski definition) is 4. The Balaban J connectivity index is 1.70. The van der Waals surface area contributed by atoms with Gasteiger partial charge in [-0.15, -0.1) is 0 Å². The number of piperidine rings is 1. The number of aromatic nitrogens is 2. The largest absolute Gasteiger partial charge is 0.356 e. The highest BCUT2D eigenvalue weighted by molar-refractivity contribution is 5.89. The third-order valence-corrected chi connectivity index (χ3v) is 4.90. The summed E-state index contributed by atoms with van der Waals surface area (Å²) in [5.41, 5.74) is 7.22. The minimum Gasteiger partial charge on any atom is -0.356 e. The van der Waals surface area contributed by atoms with Crippen molar-refractivity contribution in [3.63, 3.8) is 0 Å². The molecule has 0 spiro atoms. The number of hydrazone groups is 1.